The lowest BCUT2D eigenvalue weighted by Crippen LogP contribution is -2.19. The molecule has 0 saturated carbocycles. The minimum absolute atomic E-state index is 0.145. The van der Waals surface area contributed by atoms with Crippen molar-refractivity contribution in [3.63, 3.8) is 0 Å². The fourth-order valence-corrected chi connectivity index (χ4v) is 2.13. The van der Waals surface area contributed by atoms with Crippen LogP contribution in [0.1, 0.15) is 31.9 Å². The average Bonchev–Trinajstić information content (AvgIpc) is 2.52. The van der Waals surface area contributed by atoms with Gasteiger partial charge in [-0.3, -0.25) is 0 Å². The van der Waals surface area contributed by atoms with E-state index in [1.54, 1.807) is 25.8 Å². The number of rotatable bonds is 5. The number of anilines is 2. The molecular weight excluding hydrogens is 319 g/mol. The first-order chi connectivity index (χ1) is 11.2. The van der Waals surface area contributed by atoms with E-state index in [-0.39, 0.29) is 5.95 Å². The lowest BCUT2D eigenvalue weighted by molar-refractivity contribution is -0.139. The van der Waals surface area contributed by atoms with Gasteiger partial charge in [-0.25, -0.2) is 4.98 Å². The molecule has 0 aliphatic carbocycles. The number of aromatic nitrogens is 2. The highest BCUT2D eigenvalue weighted by atomic mass is 19.4. The van der Waals surface area contributed by atoms with Crippen molar-refractivity contribution in [1.82, 2.24) is 9.97 Å². The molecule has 0 radical (unpaired) electrons. The molecule has 0 fully saturated rings. The Labute approximate surface area is 139 Å². The maximum atomic E-state index is 13.1. The van der Waals surface area contributed by atoms with Crippen molar-refractivity contribution in [2.45, 2.75) is 39.5 Å². The highest BCUT2D eigenvalue weighted by molar-refractivity contribution is 5.58. The first kappa shape index (κ1) is 18.0. The molecule has 0 spiro atoms. The van der Waals surface area contributed by atoms with Crippen LogP contribution < -0.4 is 9.64 Å². The Bertz CT molecular complexity index is 702. The number of ether oxygens (including phenoxy) is 1. The van der Waals surface area contributed by atoms with Crippen LogP contribution in [0.5, 0.6) is 5.88 Å². The van der Waals surface area contributed by atoms with E-state index in [1.165, 1.54) is 0 Å². The van der Waals surface area contributed by atoms with Crippen molar-refractivity contribution in [2.24, 2.45) is 0 Å². The van der Waals surface area contributed by atoms with Crippen LogP contribution in [0.2, 0.25) is 0 Å². The zero-order valence-electron chi connectivity index (χ0n) is 14.1. The van der Waals surface area contributed by atoms with E-state index in [1.807, 2.05) is 31.2 Å². The molecule has 130 valence electrons. The average molecular weight is 339 g/mol. The number of aryl methyl sites for hydroxylation is 1. The number of benzene rings is 1. The highest BCUT2D eigenvalue weighted by Crippen LogP contribution is 2.36. The molecule has 2 aromatic rings. The molecule has 0 bridgehead atoms. The minimum Gasteiger partial charge on any atom is -0.474 e. The molecule has 0 aliphatic heterocycles. The van der Waals surface area contributed by atoms with Crippen LogP contribution in [0.25, 0.3) is 0 Å². The molecule has 1 aromatic carbocycles. The predicted octanol–water partition coefficient (Wildman–Crippen LogP) is 4.61. The van der Waals surface area contributed by atoms with Crippen LogP contribution in [-0.4, -0.2) is 23.1 Å². The summed E-state index contributed by atoms with van der Waals surface area (Å²) in [6.07, 6.45) is -3.37. The van der Waals surface area contributed by atoms with Crippen molar-refractivity contribution in [3.8, 4) is 5.88 Å². The molecule has 1 heterocycles. The van der Waals surface area contributed by atoms with Gasteiger partial charge in [-0.15, -0.1) is 0 Å². The zero-order chi connectivity index (χ0) is 17.9. The Hall–Kier alpha value is -2.31. The molecule has 0 N–H and O–H groups in total. The lowest BCUT2D eigenvalue weighted by Gasteiger charge is -2.21. The Kier molecular flexibility index (Phi) is 5.31. The van der Waals surface area contributed by atoms with Gasteiger partial charge in [0.25, 0.3) is 0 Å². The molecule has 0 saturated heterocycles. The van der Waals surface area contributed by atoms with Gasteiger partial charge in [-0.2, -0.15) is 18.2 Å². The van der Waals surface area contributed by atoms with Crippen molar-refractivity contribution >= 4 is 11.6 Å². The van der Waals surface area contributed by atoms with Gasteiger partial charge in [0.15, 0.2) is 0 Å². The number of nitrogens with zero attached hydrogens (tertiary/aromatic N) is 3. The third-order valence-corrected chi connectivity index (χ3v) is 3.40. The molecular formula is C17H20F3N3O. The fourth-order valence-electron chi connectivity index (χ4n) is 2.13. The molecule has 24 heavy (non-hydrogen) atoms. The summed E-state index contributed by atoms with van der Waals surface area (Å²) in [5.41, 5.74) is 0.935. The third-order valence-electron chi connectivity index (χ3n) is 3.40. The van der Waals surface area contributed by atoms with Crippen LogP contribution in [0.3, 0.4) is 0 Å². The highest BCUT2D eigenvalue weighted by Gasteiger charge is 2.36. The van der Waals surface area contributed by atoms with Crippen molar-refractivity contribution in [3.05, 3.63) is 41.6 Å². The maximum Gasteiger partial charge on any atom is 0.423 e. The predicted molar refractivity (Wildman–Crippen MR) is 86.7 cm³/mol. The Morgan fingerprint density at radius 2 is 1.96 bits per heavy atom. The minimum atomic E-state index is -4.57. The van der Waals surface area contributed by atoms with Crippen LogP contribution >= 0.6 is 0 Å². The SMILES string of the molecule is CCc1cccc(N(C)c2ncc(C(F)(F)F)c(OC(C)C)n2)c1. The molecule has 4 nitrogen and oxygen atoms in total. The first-order valence-electron chi connectivity index (χ1n) is 7.66. The molecule has 0 aliphatic rings. The van der Waals surface area contributed by atoms with E-state index < -0.39 is 23.7 Å². The summed E-state index contributed by atoms with van der Waals surface area (Å²) >= 11 is 0. The van der Waals surface area contributed by atoms with Crippen molar-refractivity contribution < 1.29 is 17.9 Å². The Morgan fingerprint density at radius 3 is 2.54 bits per heavy atom. The van der Waals surface area contributed by atoms with Gasteiger partial charge in [0.1, 0.15) is 5.56 Å². The van der Waals surface area contributed by atoms with Crippen LogP contribution in [-0.2, 0) is 12.6 Å². The lowest BCUT2D eigenvalue weighted by atomic mass is 10.1. The fraction of sp³-hybridized carbons (Fsp3) is 0.412. The summed E-state index contributed by atoms with van der Waals surface area (Å²) in [7, 11) is 1.70. The van der Waals surface area contributed by atoms with Crippen molar-refractivity contribution in [2.75, 3.05) is 11.9 Å². The van der Waals surface area contributed by atoms with Gasteiger partial charge >= 0.3 is 6.18 Å². The summed E-state index contributed by atoms with van der Waals surface area (Å²) in [6.45, 7) is 5.33. The monoisotopic (exact) mass is 339 g/mol. The van der Waals surface area contributed by atoms with Gasteiger partial charge in [0, 0.05) is 18.9 Å². The van der Waals surface area contributed by atoms with E-state index in [2.05, 4.69) is 9.97 Å². The zero-order valence-corrected chi connectivity index (χ0v) is 14.1. The van der Waals surface area contributed by atoms with E-state index in [9.17, 15) is 13.2 Å². The number of alkyl halides is 3. The molecule has 1 aromatic heterocycles. The van der Waals surface area contributed by atoms with Crippen LogP contribution in [0, 0.1) is 0 Å². The second-order valence-corrected chi connectivity index (χ2v) is 5.64. The molecule has 0 amide bonds. The summed E-state index contributed by atoms with van der Waals surface area (Å²) in [5, 5.41) is 0. The first-order valence-corrected chi connectivity index (χ1v) is 7.66. The second kappa shape index (κ2) is 7.07. The molecule has 7 heteroatoms. The second-order valence-electron chi connectivity index (χ2n) is 5.64. The van der Waals surface area contributed by atoms with Gasteiger partial charge in [0.2, 0.25) is 11.8 Å². The molecule has 0 unspecified atom stereocenters. The standard InChI is InChI=1S/C17H20F3N3O/c1-5-12-7-6-8-13(9-12)23(4)16-21-10-14(17(18,19)20)15(22-16)24-11(2)3/h6-11H,5H2,1-4H3. The third kappa shape index (κ3) is 4.15. The van der Waals surface area contributed by atoms with Gasteiger partial charge in [0.05, 0.1) is 6.10 Å². The molecule has 0 atom stereocenters. The number of hydrogen-bond acceptors (Lipinski definition) is 4. The largest absolute Gasteiger partial charge is 0.474 e. The van der Waals surface area contributed by atoms with Crippen LogP contribution in [0.4, 0.5) is 24.8 Å². The maximum absolute atomic E-state index is 13.1. The Balaban J connectivity index is 2.43. The van der Waals surface area contributed by atoms with Gasteiger partial charge < -0.3 is 9.64 Å². The molecule has 2 rings (SSSR count). The normalized spacial score (nSPS) is 11.7. The van der Waals surface area contributed by atoms with E-state index in [4.69, 9.17) is 4.74 Å². The van der Waals surface area contributed by atoms with Gasteiger partial charge in [-0.05, 0) is 38.0 Å². The van der Waals surface area contributed by atoms with E-state index in [0.29, 0.717) is 0 Å². The summed E-state index contributed by atoms with van der Waals surface area (Å²) in [6, 6.07) is 7.67. The van der Waals surface area contributed by atoms with Gasteiger partial charge in [-0.1, -0.05) is 19.1 Å². The van der Waals surface area contributed by atoms with Crippen molar-refractivity contribution in [1.29, 1.82) is 0 Å². The van der Waals surface area contributed by atoms with Crippen LogP contribution in [0.15, 0.2) is 30.5 Å². The number of hydrogen-bond donors (Lipinski definition) is 0. The summed E-state index contributed by atoms with van der Waals surface area (Å²) < 4.78 is 44.5. The van der Waals surface area contributed by atoms with E-state index in [0.717, 1.165) is 23.9 Å². The summed E-state index contributed by atoms with van der Waals surface area (Å²) in [4.78, 5) is 9.47. The number of halogens is 3. The quantitative estimate of drug-likeness (QED) is 0.797. The smallest absolute Gasteiger partial charge is 0.423 e. The summed E-state index contributed by atoms with van der Waals surface area (Å²) in [5.74, 6) is -0.312. The van der Waals surface area contributed by atoms with E-state index >= 15 is 0 Å². The Morgan fingerprint density at radius 1 is 1.25 bits per heavy atom. The topological polar surface area (TPSA) is 38.2 Å².